The second-order valence-corrected chi connectivity index (χ2v) is 5.46. The van der Waals surface area contributed by atoms with Crippen molar-refractivity contribution < 1.29 is 9.76 Å². The molecule has 0 heterocycles. The SMILES string of the molecule is CC(C)(O)C(C)(C)OBCCCCBr. The lowest BCUT2D eigenvalue weighted by atomic mass is 9.84. The van der Waals surface area contributed by atoms with Crippen LogP contribution in [0, 0.1) is 0 Å². The Kier molecular flexibility index (Phi) is 6.34. The molecule has 0 unspecified atom stereocenters. The Morgan fingerprint density at radius 3 is 2.21 bits per heavy atom. The van der Waals surface area contributed by atoms with E-state index in [0.717, 1.165) is 19.1 Å². The maximum atomic E-state index is 9.82. The van der Waals surface area contributed by atoms with Gasteiger partial charge in [0.05, 0.1) is 11.2 Å². The zero-order valence-corrected chi connectivity index (χ0v) is 11.4. The minimum atomic E-state index is -0.789. The molecule has 0 saturated carbocycles. The van der Waals surface area contributed by atoms with Gasteiger partial charge in [0.15, 0.2) is 0 Å². The lowest BCUT2D eigenvalue weighted by Gasteiger charge is -2.37. The maximum absolute atomic E-state index is 9.82. The minimum Gasteiger partial charge on any atom is -0.432 e. The van der Waals surface area contributed by atoms with Crippen LogP contribution in [0.25, 0.3) is 0 Å². The quantitative estimate of drug-likeness (QED) is 0.435. The van der Waals surface area contributed by atoms with Gasteiger partial charge in [-0.2, -0.15) is 0 Å². The van der Waals surface area contributed by atoms with Gasteiger partial charge in [-0.3, -0.25) is 0 Å². The fourth-order valence-electron chi connectivity index (χ4n) is 0.877. The molecule has 0 aromatic rings. The van der Waals surface area contributed by atoms with Crippen molar-refractivity contribution in [1.29, 1.82) is 0 Å². The van der Waals surface area contributed by atoms with E-state index < -0.39 is 11.2 Å². The van der Waals surface area contributed by atoms with Gasteiger partial charge < -0.3 is 9.76 Å². The molecule has 0 atom stereocenters. The molecule has 84 valence electrons. The van der Waals surface area contributed by atoms with Crippen LogP contribution in [-0.2, 0) is 4.65 Å². The third-order valence-electron chi connectivity index (χ3n) is 2.71. The van der Waals surface area contributed by atoms with Crippen LogP contribution in [-0.4, -0.2) is 29.1 Å². The van der Waals surface area contributed by atoms with Crippen LogP contribution in [0.15, 0.2) is 0 Å². The second kappa shape index (κ2) is 6.14. The van der Waals surface area contributed by atoms with Crippen LogP contribution >= 0.6 is 15.9 Å². The number of halogens is 1. The Morgan fingerprint density at radius 2 is 1.79 bits per heavy atom. The van der Waals surface area contributed by atoms with Crippen molar-refractivity contribution in [2.75, 3.05) is 5.33 Å². The molecule has 0 aliphatic heterocycles. The van der Waals surface area contributed by atoms with E-state index in [2.05, 4.69) is 15.9 Å². The van der Waals surface area contributed by atoms with Gasteiger partial charge in [-0.15, -0.1) is 0 Å². The van der Waals surface area contributed by atoms with E-state index in [4.69, 9.17) is 4.65 Å². The summed E-state index contributed by atoms with van der Waals surface area (Å²) in [6.07, 6.45) is 3.42. The summed E-state index contributed by atoms with van der Waals surface area (Å²) in [6, 6.07) is 0. The Hall–Kier alpha value is 0.465. The molecular weight excluding hydrogens is 243 g/mol. The normalized spacial score (nSPS) is 13.0. The van der Waals surface area contributed by atoms with E-state index >= 15 is 0 Å². The predicted octanol–water partition coefficient (Wildman–Crippen LogP) is 2.50. The Morgan fingerprint density at radius 1 is 1.21 bits per heavy atom. The number of aliphatic hydroxyl groups is 1. The Balaban J connectivity index is 3.67. The fraction of sp³-hybridized carbons (Fsp3) is 1.00. The lowest BCUT2D eigenvalue weighted by Crippen LogP contribution is -2.47. The molecular formula is C10H22BBrO2. The molecule has 0 rings (SSSR count). The molecule has 1 N–H and O–H groups in total. The highest BCUT2D eigenvalue weighted by atomic mass is 79.9. The van der Waals surface area contributed by atoms with Gasteiger partial charge in [0, 0.05) is 5.33 Å². The van der Waals surface area contributed by atoms with Crippen LogP contribution < -0.4 is 0 Å². The molecule has 14 heavy (non-hydrogen) atoms. The van der Waals surface area contributed by atoms with Crippen molar-refractivity contribution in [3.05, 3.63) is 0 Å². The molecule has 0 amide bonds. The summed E-state index contributed by atoms with van der Waals surface area (Å²) in [6.45, 7) is 7.42. The molecule has 0 saturated heterocycles. The lowest BCUT2D eigenvalue weighted by molar-refractivity contribution is -0.0903. The predicted molar refractivity (Wildman–Crippen MR) is 66.4 cm³/mol. The summed E-state index contributed by atoms with van der Waals surface area (Å²) >= 11 is 3.39. The first-order valence-corrected chi connectivity index (χ1v) is 6.36. The maximum Gasteiger partial charge on any atom is 0.275 e. The number of hydrogen-bond acceptors (Lipinski definition) is 2. The zero-order valence-electron chi connectivity index (χ0n) is 9.77. The topological polar surface area (TPSA) is 29.5 Å². The van der Waals surface area contributed by atoms with Crippen molar-refractivity contribution >= 4 is 23.4 Å². The van der Waals surface area contributed by atoms with Crippen molar-refractivity contribution in [3.8, 4) is 0 Å². The largest absolute Gasteiger partial charge is 0.432 e. The molecule has 0 aromatic heterocycles. The number of hydrogen-bond donors (Lipinski definition) is 1. The average molecular weight is 265 g/mol. The Bertz CT molecular complexity index is 155. The smallest absolute Gasteiger partial charge is 0.275 e. The Labute approximate surface area is 96.8 Å². The van der Waals surface area contributed by atoms with Gasteiger partial charge >= 0.3 is 0 Å². The van der Waals surface area contributed by atoms with Crippen LogP contribution in [0.1, 0.15) is 40.5 Å². The molecule has 0 spiro atoms. The highest BCUT2D eigenvalue weighted by Gasteiger charge is 2.35. The summed E-state index contributed by atoms with van der Waals surface area (Å²) in [7, 11) is 0.726. The van der Waals surface area contributed by atoms with Crippen LogP contribution in [0.2, 0.25) is 6.32 Å². The highest BCUT2D eigenvalue weighted by Crippen LogP contribution is 2.24. The van der Waals surface area contributed by atoms with Gasteiger partial charge in [-0.05, 0) is 34.1 Å². The molecule has 0 radical (unpaired) electrons. The molecule has 0 fully saturated rings. The van der Waals surface area contributed by atoms with E-state index in [0.29, 0.717) is 0 Å². The summed E-state index contributed by atoms with van der Waals surface area (Å²) < 4.78 is 5.68. The number of rotatable bonds is 7. The van der Waals surface area contributed by atoms with Gasteiger partial charge in [0.2, 0.25) is 0 Å². The first kappa shape index (κ1) is 14.5. The van der Waals surface area contributed by atoms with Crippen molar-refractivity contribution in [2.45, 2.75) is 58.1 Å². The van der Waals surface area contributed by atoms with E-state index in [1.807, 2.05) is 13.8 Å². The van der Waals surface area contributed by atoms with Gasteiger partial charge in [0.1, 0.15) is 0 Å². The van der Waals surface area contributed by atoms with E-state index in [1.54, 1.807) is 13.8 Å². The van der Waals surface area contributed by atoms with Gasteiger partial charge in [0.25, 0.3) is 7.48 Å². The van der Waals surface area contributed by atoms with E-state index in [-0.39, 0.29) is 0 Å². The number of unbranched alkanes of at least 4 members (excludes halogenated alkanes) is 1. The first-order valence-electron chi connectivity index (χ1n) is 5.23. The standard InChI is InChI=1S/C10H22BBrO2/c1-9(2,13)10(3,4)14-11-7-5-6-8-12/h11,13H,5-8H2,1-4H3. The monoisotopic (exact) mass is 264 g/mol. The van der Waals surface area contributed by atoms with E-state index in [9.17, 15) is 5.11 Å². The first-order chi connectivity index (χ1) is 6.31. The summed E-state index contributed by atoms with van der Waals surface area (Å²) in [5.41, 5.74) is -1.26. The third kappa shape index (κ3) is 5.37. The molecule has 2 nitrogen and oxygen atoms in total. The molecule has 0 bridgehead atoms. The van der Waals surface area contributed by atoms with Crippen molar-refractivity contribution in [1.82, 2.24) is 0 Å². The molecule has 4 heteroatoms. The second-order valence-electron chi connectivity index (χ2n) is 4.67. The summed E-state index contributed by atoms with van der Waals surface area (Å²) in [5, 5.41) is 10.9. The van der Waals surface area contributed by atoms with Crippen LogP contribution in [0.4, 0.5) is 0 Å². The van der Waals surface area contributed by atoms with Crippen LogP contribution in [0.5, 0.6) is 0 Å². The van der Waals surface area contributed by atoms with Gasteiger partial charge in [-0.25, -0.2) is 0 Å². The molecule has 0 aromatic carbocycles. The van der Waals surface area contributed by atoms with Gasteiger partial charge in [-0.1, -0.05) is 28.7 Å². The molecule has 0 aliphatic carbocycles. The summed E-state index contributed by atoms with van der Waals surface area (Å²) in [4.78, 5) is 0. The zero-order chi connectivity index (χ0) is 11.2. The van der Waals surface area contributed by atoms with E-state index in [1.165, 1.54) is 12.8 Å². The average Bonchev–Trinajstić information content (AvgIpc) is 2.02. The third-order valence-corrected chi connectivity index (χ3v) is 3.27. The fourth-order valence-corrected chi connectivity index (χ4v) is 1.27. The number of alkyl halides is 1. The van der Waals surface area contributed by atoms with Crippen LogP contribution in [0.3, 0.4) is 0 Å². The van der Waals surface area contributed by atoms with Crippen molar-refractivity contribution in [3.63, 3.8) is 0 Å². The minimum absolute atomic E-state index is 0.471. The molecule has 0 aliphatic rings. The highest BCUT2D eigenvalue weighted by molar-refractivity contribution is 9.09. The van der Waals surface area contributed by atoms with Crippen molar-refractivity contribution in [2.24, 2.45) is 0 Å². The summed E-state index contributed by atoms with van der Waals surface area (Å²) in [5.74, 6) is 0.